The molecule has 0 atom stereocenters. The molecule has 20 heavy (non-hydrogen) atoms. The highest BCUT2D eigenvalue weighted by Crippen LogP contribution is 2.31. The molecule has 2 aromatic heterocycles. The van der Waals surface area contributed by atoms with Crippen molar-refractivity contribution in [3.8, 4) is 0 Å². The maximum Gasteiger partial charge on any atom is 0.276 e. The zero-order valence-corrected chi connectivity index (χ0v) is 11.9. The van der Waals surface area contributed by atoms with Crippen LogP contribution in [0.4, 0.5) is 0 Å². The average Bonchev–Trinajstić information content (AvgIpc) is 2.88. The number of nitrogens with zero attached hydrogens (tertiary/aromatic N) is 2. The number of aliphatic hydroxyl groups is 1. The fourth-order valence-corrected chi connectivity index (χ4v) is 3.21. The van der Waals surface area contributed by atoms with Crippen LogP contribution in [0, 0.1) is 6.92 Å². The number of fused-ring (bicyclic) bond motifs is 1. The number of aryl methyl sites for hydroxylation is 1. The standard InChI is InChI=1S/C15H21N3O2/c1-10-12(7-8-19)15(20)18-14(16-10)9-13(17-18)11-5-3-2-4-6-11/h9,11,17,19H,2-8H2,1H3. The summed E-state index contributed by atoms with van der Waals surface area (Å²) in [6, 6.07) is 2.01. The molecule has 2 aromatic rings. The second kappa shape index (κ2) is 5.40. The summed E-state index contributed by atoms with van der Waals surface area (Å²) >= 11 is 0. The summed E-state index contributed by atoms with van der Waals surface area (Å²) in [5, 5.41) is 12.3. The first-order chi connectivity index (χ1) is 9.70. The van der Waals surface area contributed by atoms with E-state index in [9.17, 15) is 4.79 Å². The van der Waals surface area contributed by atoms with Crippen molar-refractivity contribution in [2.75, 3.05) is 6.61 Å². The van der Waals surface area contributed by atoms with E-state index in [0.29, 0.717) is 23.5 Å². The van der Waals surface area contributed by atoms with Crippen LogP contribution in [-0.2, 0) is 6.42 Å². The maximum atomic E-state index is 12.4. The Hall–Kier alpha value is -1.62. The highest BCUT2D eigenvalue weighted by atomic mass is 16.3. The van der Waals surface area contributed by atoms with Gasteiger partial charge in [0.15, 0.2) is 5.65 Å². The van der Waals surface area contributed by atoms with Crippen molar-refractivity contribution in [3.63, 3.8) is 0 Å². The summed E-state index contributed by atoms with van der Waals surface area (Å²) in [7, 11) is 0. The van der Waals surface area contributed by atoms with Crippen molar-refractivity contribution in [3.05, 3.63) is 33.4 Å². The molecule has 3 rings (SSSR count). The van der Waals surface area contributed by atoms with Gasteiger partial charge in [0.2, 0.25) is 0 Å². The Kier molecular flexibility index (Phi) is 3.61. The van der Waals surface area contributed by atoms with Gasteiger partial charge in [-0.1, -0.05) is 19.3 Å². The molecule has 2 N–H and O–H groups in total. The van der Waals surface area contributed by atoms with Crippen LogP contribution in [0.25, 0.3) is 5.65 Å². The molecule has 0 bridgehead atoms. The lowest BCUT2D eigenvalue weighted by Crippen LogP contribution is -2.22. The number of hydrogen-bond donors (Lipinski definition) is 2. The molecule has 2 heterocycles. The Labute approximate surface area is 117 Å². The molecular formula is C15H21N3O2. The van der Waals surface area contributed by atoms with Crippen LogP contribution < -0.4 is 5.56 Å². The summed E-state index contributed by atoms with van der Waals surface area (Å²) in [6.07, 6.45) is 6.56. The van der Waals surface area contributed by atoms with Crippen molar-refractivity contribution in [2.45, 2.75) is 51.4 Å². The summed E-state index contributed by atoms with van der Waals surface area (Å²) in [5.41, 5.74) is 3.05. The average molecular weight is 275 g/mol. The Morgan fingerprint density at radius 2 is 2.15 bits per heavy atom. The molecule has 5 nitrogen and oxygen atoms in total. The Morgan fingerprint density at radius 3 is 2.85 bits per heavy atom. The van der Waals surface area contributed by atoms with E-state index in [2.05, 4.69) is 10.1 Å². The minimum Gasteiger partial charge on any atom is -0.396 e. The Balaban J connectivity index is 2.06. The van der Waals surface area contributed by atoms with Crippen molar-refractivity contribution in [1.82, 2.24) is 14.6 Å². The first-order valence-corrected chi connectivity index (χ1v) is 7.42. The largest absolute Gasteiger partial charge is 0.396 e. The molecule has 0 spiro atoms. The number of aromatic amines is 1. The van der Waals surface area contributed by atoms with Gasteiger partial charge in [-0.05, 0) is 19.8 Å². The third kappa shape index (κ3) is 2.26. The maximum absolute atomic E-state index is 12.4. The van der Waals surface area contributed by atoms with Crippen molar-refractivity contribution in [2.24, 2.45) is 0 Å². The van der Waals surface area contributed by atoms with E-state index < -0.39 is 0 Å². The minimum atomic E-state index is -0.0800. The lowest BCUT2D eigenvalue weighted by molar-refractivity contribution is 0.298. The molecule has 0 aliphatic heterocycles. The lowest BCUT2D eigenvalue weighted by Gasteiger charge is -2.19. The fraction of sp³-hybridized carbons (Fsp3) is 0.600. The van der Waals surface area contributed by atoms with Crippen LogP contribution in [0.2, 0.25) is 0 Å². The molecule has 108 valence electrons. The van der Waals surface area contributed by atoms with Crippen molar-refractivity contribution in [1.29, 1.82) is 0 Å². The molecule has 1 fully saturated rings. The first-order valence-electron chi connectivity index (χ1n) is 7.42. The summed E-state index contributed by atoms with van der Waals surface area (Å²) in [6.45, 7) is 1.81. The van der Waals surface area contributed by atoms with Gasteiger partial charge >= 0.3 is 0 Å². The highest BCUT2D eigenvalue weighted by Gasteiger charge is 2.19. The lowest BCUT2D eigenvalue weighted by atomic mass is 9.87. The van der Waals surface area contributed by atoms with Crippen LogP contribution in [0.5, 0.6) is 0 Å². The minimum absolute atomic E-state index is 0.0278. The predicted octanol–water partition coefficient (Wildman–Crippen LogP) is 1.91. The number of nitrogens with one attached hydrogen (secondary N) is 1. The molecule has 1 saturated carbocycles. The van der Waals surface area contributed by atoms with Gasteiger partial charge in [0.05, 0.1) is 0 Å². The predicted molar refractivity (Wildman–Crippen MR) is 77.2 cm³/mol. The quantitative estimate of drug-likeness (QED) is 0.899. The molecular weight excluding hydrogens is 254 g/mol. The number of hydrogen-bond acceptors (Lipinski definition) is 3. The third-order valence-electron chi connectivity index (χ3n) is 4.34. The molecule has 1 aliphatic rings. The van der Waals surface area contributed by atoms with Crippen LogP contribution >= 0.6 is 0 Å². The Morgan fingerprint density at radius 1 is 1.40 bits per heavy atom. The van der Waals surface area contributed by atoms with Gasteiger partial charge in [-0.15, -0.1) is 0 Å². The number of aliphatic hydroxyl groups excluding tert-OH is 1. The van der Waals surface area contributed by atoms with Gasteiger partial charge in [-0.25, -0.2) is 9.50 Å². The highest BCUT2D eigenvalue weighted by molar-refractivity contribution is 5.42. The SMILES string of the molecule is Cc1nc2cc(C3CCCCC3)[nH]n2c(=O)c1CCO. The topological polar surface area (TPSA) is 70.4 Å². The molecule has 0 aromatic carbocycles. The smallest absolute Gasteiger partial charge is 0.276 e. The normalized spacial score (nSPS) is 16.9. The van der Waals surface area contributed by atoms with Gasteiger partial charge in [-0.2, -0.15) is 0 Å². The monoisotopic (exact) mass is 275 g/mol. The first kappa shape index (κ1) is 13.4. The molecule has 1 aliphatic carbocycles. The molecule has 0 radical (unpaired) electrons. The fourth-order valence-electron chi connectivity index (χ4n) is 3.21. The van der Waals surface area contributed by atoms with E-state index in [-0.39, 0.29) is 12.2 Å². The second-order valence-electron chi connectivity index (χ2n) is 5.69. The van der Waals surface area contributed by atoms with E-state index in [1.54, 1.807) is 0 Å². The summed E-state index contributed by atoms with van der Waals surface area (Å²) in [4.78, 5) is 16.9. The zero-order chi connectivity index (χ0) is 14.1. The van der Waals surface area contributed by atoms with Crippen LogP contribution in [0.15, 0.2) is 10.9 Å². The van der Waals surface area contributed by atoms with E-state index in [4.69, 9.17) is 5.11 Å². The molecule has 5 heteroatoms. The van der Waals surface area contributed by atoms with Crippen LogP contribution in [-0.4, -0.2) is 26.3 Å². The Bertz CT molecular complexity index is 666. The van der Waals surface area contributed by atoms with E-state index in [1.807, 2.05) is 13.0 Å². The molecule has 0 unspecified atom stereocenters. The van der Waals surface area contributed by atoms with E-state index in [1.165, 1.54) is 36.6 Å². The van der Waals surface area contributed by atoms with Gasteiger partial charge < -0.3 is 5.11 Å². The van der Waals surface area contributed by atoms with Crippen LogP contribution in [0.3, 0.4) is 0 Å². The van der Waals surface area contributed by atoms with E-state index in [0.717, 1.165) is 11.4 Å². The van der Waals surface area contributed by atoms with Gasteiger partial charge in [0.1, 0.15) is 0 Å². The van der Waals surface area contributed by atoms with Gasteiger partial charge in [0, 0.05) is 42.0 Å². The summed E-state index contributed by atoms with van der Waals surface area (Å²) in [5.74, 6) is 0.520. The van der Waals surface area contributed by atoms with Crippen molar-refractivity contribution < 1.29 is 5.11 Å². The molecule has 0 saturated heterocycles. The summed E-state index contributed by atoms with van der Waals surface area (Å²) < 4.78 is 1.53. The molecule has 0 amide bonds. The van der Waals surface area contributed by atoms with Crippen LogP contribution in [0.1, 0.15) is 55.0 Å². The third-order valence-corrected chi connectivity index (χ3v) is 4.34. The van der Waals surface area contributed by atoms with E-state index >= 15 is 0 Å². The zero-order valence-electron chi connectivity index (χ0n) is 11.9. The number of rotatable bonds is 3. The second-order valence-corrected chi connectivity index (χ2v) is 5.69. The number of aromatic nitrogens is 3. The van der Waals surface area contributed by atoms with Gasteiger partial charge in [-0.3, -0.25) is 9.89 Å². The number of H-pyrrole nitrogens is 1. The van der Waals surface area contributed by atoms with Gasteiger partial charge in [0.25, 0.3) is 5.56 Å². The van der Waals surface area contributed by atoms with Crippen molar-refractivity contribution >= 4 is 5.65 Å².